The van der Waals surface area contributed by atoms with Crippen molar-refractivity contribution in [3.8, 4) is 0 Å². The number of nitrogens with one attached hydrogen (secondary N) is 1. The number of hydrazine groups is 1. The van der Waals surface area contributed by atoms with Crippen molar-refractivity contribution >= 4 is 17.5 Å². The number of benzene rings is 1. The van der Waals surface area contributed by atoms with E-state index in [1.54, 1.807) is 0 Å². The van der Waals surface area contributed by atoms with Gasteiger partial charge in [-0.25, -0.2) is 5.84 Å². The number of unbranched alkanes of at least 4 members (excludes halogenated alkanes) is 2. The van der Waals surface area contributed by atoms with Crippen LogP contribution in [0.1, 0.15) is 37.7 Å². The van der Waals surface area contributed by atoms with E-state index in [2.05, 4.69) is 11.5 Å². The lowest BCUT2D eigenvalue weighted by molar-refractivity contribution is -0.121. The summed E-state index contributed by atoms with van der Waals surface area (Å²) in [5, 5.41) is 0. The Bertz CT molecular complexity index is 488. The second-order valence-corrected chi connectivity index (χ2v) is 5.05. The zero-order chi connectivity index (χ0) is 14.4. The van der Waals surface area contributed by atoms with E-state index in [1.165, 1.54) is 5.56 Å². The molecule has 1 aromatic carbocycles. The van der Waals surface area contributed by atoms with Crippen molar-refractivity contribution in [2.45, 2.75) is 38.5 Å². The van der Waals surface area contributed by atoms with Gasteiger partial charge < -0.3 is 4.90 Å². The molecule has 2 amide bonds. The van der Waals surface area contributed by atoms with E-state index in [0.717, 1.165) is 37.9 Å². The number of carbonyl (C=O) groups is 2. The number of hydrogen-bond donors (Lipinski definition) is 2. The number of fused-ring (bicyclic) bond motifs is 1. The van der Waals surface area contributed by atoms with Crippen molar-refractivity contribution < 1.29 is 9.59 Å². The van der Waals surface area contributed by atoms with Crippen LogP contribution in [0.5, 0.6) is 0 Å². The molecule has 0 bridgehead atoms. The minimum absolute atomic E-state index is 0.135. The Morgan fingerprint density at radius 1 is 1.20 bits per heavy atom. The third kappa shape index (κ3) is 3.57. The maximum absolute atomic E-state index is 12.0. The molecule has 0 atom stereocenters. The van der Waals surface area contributed by atoms with E-state index < -0.39 is 0 Å². The predicted molar refractivity (Wildman–Crippen MR) is 77.9 cm³/mol. The summed E-state index contributed by atoms with van der Waals surface area (Å²) < 4.78 is 0. The number of amides is 2. The van der Waals surface area contributed by atoms with Crippen LogP contribution in [0.4, 0.5) is 5.69 Å². The van der Waals surface area contributed by atoms with E-state index in [0.29, 0.717) is 12.8 Å². The molecule has 0 saturated carbocycles. The fraction of sp³-hybridized carbons (Fsp3) is 0.467. The van der Waals surface area contributed by atoms with Gasteiger partial charge in [0.25, 0.3) is 0 Å². The molecule has 0 spiro atoms. The Morgan fingerprint density at radius 3 is 2.80 bits per heavy atom. The normalized spacial score (nSPS) is 14.1. The number of anilines is 1. The van der Waals surface area contributed by atoms with Crippen LogP contribution in [0.25, 0.3) is 0 Å². The van der Waals surface area contributed by atoms with Crippen LogP contribution in [0.15, 0.2) is 24.3 Å². The molecule has 1 heterocycles. The first-order valence-electron chi connectivity index (χ1n) is 7.10. The van der Waals surface area contributed by atoms with Crippen LogP contribution < -0.4 is 16.2 Å². The maximum Gasteiger partial charge on any atom is 0.233 e. The molecular formula is C15H21N3O2. The highest BCUT2D eigenvalue weighted by molar-refractivity contribution is 5.96. The van der Waals surface area contributed by atoms with Crippen molar-refractivity contribution in [3.63, 3.8) is 0 Å². The number of aryl methyl sites for hydroxylation is 1. The molecule has 2 rings (SSSR count). The van der Waals surface area contributed by atoms with Crippen LogP contribution in [0, 0.1) is 0 Å². The van der Waals surface area contributed by atoms with Gasteiger partial charge in [-0.1, -0.05) is 24.6 Å². The standard InChI is InChI=1S/C15H21N3O2/c16-17-14(19)8-2-1-5-11-18-13-7-4-3-6-12(13)9-10-15(18)20/h3-4,6-7H,1-2,5,8-11,16H2,(H,17,19). The second kappa shape index (κ2) is 7.05. The number of nitrogens with two attached hydrogens (primary N) is 1. The van der Waals surface area contributed by atoms with Gasteiger partial charge in [0.1, 0.15) is 0 Å². The molecule has 108 valence electrons. The predicted octanol–water partition coefficient (Wildman–Crippen LogP) is 1.52. The monoisotopic (exact) mass is 275 g/mol. The summed E-state index contributed by atoms with van der Waals surface area (Å²) in [7, 11) is 0. The Labute approximate surface area is 119 Å². The van der Waals surface area contributed by atoms with Crippen molar-refractivity contribution in [2.24, 2.45) is 5.84 Å². The number of para-hydroxylation sites is 1. The Balaban J connectivity index is 1.83. The maximum atomic E-state index is 12.0. The molecule has 5 nitrogen and oxygen atoms in total. The second-order valence-electron chi connectivity index (χ2n) is 5.05. The van der Waals surface area contributed by atoms with Gasteiger partial charge in [0.05, 0.1) is 0 Å². The summed E-state index contributed by atoms with van der Waals surface area (Å²) in [6.45, 7) is 0.722. The topological polar surface area (TPSA) is 75.4 Å². The van der Waals surface area contributed by atoms with Crippen LogP contribution in [-0.2, 0) is 16.0 Å². The van der Waals surface area contributed by atoms with Crippen LogP contribution >= 0.6 is 0 Å². The van der Waals surface area contributed by atoms with E-state index in [-0.39, 0.29) is 11.8 Å². The quantitative estimate of drug-likeness (QED) is 0.358. The molecule has 1 aliphatic heterocycles. The third-order valence-electron chi connectivity index (χ3n) is 3.64. The largest absolute Gasteiger partial charge is 0.312 e. The van der Waals surface area contributed by atoms with Gasteiger partial charge in [0, 0.05) is 25.1 Å². The van der Waals surface area contributed by atoms with E-state index in [4.69, 9.17) is 5.84 Å². The molecule has 0 aromatic heterocycles. The van der Waals surface area contributed by atoms with Gasteiger partial charge in [0.2, 0.25) is 11.8 Å². The number of rotatable bonds is 6. The first-order chi connectivity index (χ1) is 9.72. The van der Waals surface area contributed by atoms with Gasteiger partial charge in [0.15, 0.2) is 0 Å². The minimum atomic E-state index is -0.135. The van der Waals surface area contributed by atoms with Gasteiger partial charge in [-0.3, -0.25) is 15.0 Å². The van der Waals surface area contributed by atoms with E-state index in [9.17, 15) is 9.59 Å². The van der Waals surface area contributed by atoms with Gasteiger partial charge >= 0.3 is 0 Å². The molecule has 5 heteroatoms. The zero-order valence-corrected chi connectivity index (χ0v) is 11.6. The third-order valence-corrected chi connectivity index (χ3v) is 3.64. The molecule has 0 saturated heterocycles. The van der Waals surface area contributed by atoms with Crippen LogP contribution in [0.2, 0.25) is 0 Å². The van der Waals surface area contributed by atoms with Crippen molar-refractivity contribution in [1.82, 2.24) is 5.43 Å². The summed E-state index contributed by atoms with van der Waals surface area (Å²) in [6.07, 6.45) is 4.49. The average molecular weight is 275 g/mol. The fourth-order valence-electron chi connectivity index (χ4n) is 2.55. The molecule has 0 aliphatic carbocycles. The fourth-order valence-corrected chi connectivity index (χ4v) is 2.55. The Kier molecular flexibility index (Phi) is 5.12. The molecule has 20 heavy (non-hydrogen) atoms. The van der Waals surface area contributed by atoms with Crippen LogP contribution in [0.3, 0.4) is 0 Å². The van der Waals surface area contributed by atoms with Crippen LogP contribution in [-0.4, -0.2) is 18.4 Å². The Hall–Kier alpha value is -1.88. The SMILES string of the molecule is NNC(=O)CCCCCN1C(=O)CCc2ccccc21. The molecular weight excluding hydrogens is 254 g/mol. The lowest BCUT2D eigenvalue weighted by Gasteiger charge is -2.29. The number of carbonyl (C=O) groups excluding carboxylic acids is 2. The number of hydrogen-bond acceptors (Lipinski definition) is 3. The van der Waals surface area contributed by atoms with E-state index >= 15 is 0 Å². The highest BCUT2D eigenvalue weighted by Gasteiger charge is 2.22. The van der Waals surface area contributed by atoms with Crippen molar-refractivity contribution in [2.75, 3.05) is 11.4 Å². The van der Waals surface area contributed by atoms with Crippen molar-refractivity contribution in [3.05, 3.63) is 29.8 Å². The lowest BCUT2D eigenvalue weighted by atomic mass is 10.0. The highest BCUT2D eigenvalue weighted by atomic mass is 16.2. The zero-order valence-electron chi connectivity index (χ0n) is 11.6. The molecule has 1 aliphatic rings. The summed E-state index contributed by atoms with van der Waals surface area (Å²) in [6, 6.07) is 8.07. The molecule has 0 radical (unpaired) electrons. The average Bonchev–Trinajstić information content (AvgIpc) is 2.48. The summed E-state index contributed by atoms with van der Waals surface area (Å²) in [5.74, 6) is 5.09. The summed E-state index contributed by atoms with van der Waals surface area (Å²) in [5.41, 5.74) is 4.41. The summed E-state index contributed by atoms with van der Waals surface area (Å²) >= 11 is 0. The van der Waals surface area contributed by atoms with Gasteiger partial charge in [-0.05, 0) is 30.9 Å². The molecule has 0 fully saturated rings. The summed E-state index contributed by atoms with van der Waals surface area (Å²) in [4.78, 5) is 24.9. The molecule has 0 unspecified atom stereocenters. The smallest absolute Gasteiger partial charge is 0.233 e. The lowest BCUT2D eigenvalue weighted by Crippen LogP contribution is -2.35. The molecule has 3 N–H and O–H groups in total. The Morgan fingerprint density at radius 2 is 2.00 bits per heavy atom. The van der Waals surface area contributed by atoms with Gasteiger partial charge in [-0.2, -0.15) is 0 Å². The van der Waals surface area contributed by atoms with Crippen molar-refractivity contribution in [1.29, 1.82) is 0 Å². The van der Waals surface area contributed by atoms with Gasteiger partial charge in [-0.15, -0.1) is 0 Å². The van der Waals surface area contributed by atoms with E-state index in [1.807, 2.05) is 23.1 Å². The number of nitrogens with zero attached hydrogens (tertiary/aromatic N) is 1. The first kappa shape index (κ1) is 14.5. The first-order valence-corrected chi connectivity index (χ1v) is 7.10. The molecule has 1 aromatic rings. The highest BCUT2D eigenvalue weighted by Crippen LogP contribution is 2.27. The minimum Gasteiger partial charge on any atom is -0.312 e.